The molecule has 0 aromatic heterocycles. The van der Waals surface area contributed by atoms with Crippen molar-refractivity contribution in [2.45, 2.75) is 42.5 Å². The first-order chi connectivity index (χ1) is 23.1. The lowest BCUT2D eigenvalue weighted by Gasteiger charge is -2.40. The van der Waals surface area contributed by atoms with Gasteiger partial charge in [-0.25, -0.2) is 9.59 Å². The van der Waals surface area contributed by atoms with Crippen LogP contribution in [0.15, 0.2) is 76.0 Å². The Hall–Kier alpha value is -3.22. The molecule has 0 aliphatic carbocycles. The monoisotopic (exact) mass is 716 g/mol. The fourth-order valence-corrected chi connectivity index (χ4v) is 8.48. The molecule has 13 heteroatoms. The number of hydrogen-bond donors (Lipinski definition) is 1. The van der Waals surface area contributed by atoms with Crippen molar-refractivity contribution in [3.05, 3.63) is 86.7 Å². The summed E-state index contributed by atoms with van der Waals surface area (Å²) in [7, 11) is 3.02. The number of piperidine rings is 1. The Morgan fingerprint density at radius 2 is 1.48 bits per heavy atom. The van der Waals surface area contributed by atoms with Gasteiger partial charge >= 0.3 is 11.9 Å². The fraction of sp³-hybridized carbons (Fsp3) is 0.457. The summed E-state index contributed by atoms with van der Waals surface area (Å²) in [5.74, 6) is -3.02. The van der Waals surface area contributed by atoms with Gasteiger partial charge in [-0.05, 0) is 50.7 Å². The van der Waals surface area contributed by atoms with Gasteiger partial charge in [0.15, 0.2) is 0 Å². The van der Waals surface area contributed by atoms with E-state index in [2.05, 4.69) is 22.2 Å². The number of carbonyl (C=O) groups excluding carboxylic acids is 3. The molecule has 2 fully saturated rings. The fourth-order valence-electron chi connectivity index (χ4n) is 6.74. The van der Waals surface area contributed by atoms with E-state index in [1.54, 1.807) is 47.4 Å². The number of hydrogen-bond acceptors (Lipinski definition) is 9. The Bertz CT molecular complexity index is 1590. The van der Waals surface area contributed by atoms with Crippen LogP contribution >= 0.6 is 23.2 Å². The number of esters is 2. The highest BCUT2D eigenvalue weighted by Gasteiger charge is 2.42. The number of nitrogens with zero attached hydrogens (tertiary/aromatic N) is 3. The number of ether oxygens (including phenoxy) is 2. The summed E-state index contributed by atoms with van der Waals surface area (Å²) in [6.07, 6.45) is 3.47. The summed E-state index contributed by atoms with van der Waals surface area (Å²) in [6.45, 7) is 4.67. The van der Waals surface area contributed by atoms with Gasteiger partial charge in [0.2, 0.25) is 5.91 Å². The molecule has 0 spiro atoms. The molecule has 1 N–H and O–H groups in total. The number of rotatable bonds is 10. The van der Waals surface area contributed by atoms with E-state index >= 15 is 0 Å². The van der Waals surface area contributed by atoms with E-state index < -0.39 is 28.7 Å². The average Bonchev–Trinajstić information content (AvgIpc) is 3.09. The molecular weight excluding hydrogens is 675 g/mol. The van der Waals surface area contributed by atoms with Gasteiger partial charge in [-0.3, -0.25) is 13.9 Å². The smallest absolute Gasteiger partial charge is 0.336 e. The maximum atomic E-state index is 13.9. The third kappa shape index (κ3) is 8.14. The number of amides is 1. The van der Waals surface area contributed by atoms with Crippen molar-refractivity contribution >= 4 is 51.8 Å². The minimum atomic E-state index is -1.61. The predicted molar refractivity (Wildman–Crippen MR) is 186 cm³/mol. The lowest BCUT2D eigenvalue weighted by Crippen LogP contribution is -2.53. The molecule has 258 valence electrons. The summed E-state index contributed by atoms with van der Waals surface area (Å²) < 4.78 is 24.1. The van der Waals surface area contributed by atoms with Gasteiger partial charge in [0.25, 0.3) is 0 Å². The molecule has 3 aliphatic rings. The predicted octanol–water partition coefficient (Wildman–Crippen LogP) is 4.36. The molecule has 1 amide bonds. The number of benzene rings is 2. The first-order valence-electron chi connectivity index (χ1n) is 16.1. The second-order valence-electron chi connectivity index (χ2n) is 12.3. The minimum Gasteiger partial charge on any atom is -0.466 e. The zero-order valence-electron chi connectivity index (χ0n) is 27.5. The van der Waals surface area contributed by atoms with E-state index in [1.807, 2.05) is 6.07 Å². The summed E-state index contributed by atoms with van der Waals surface area (Å²) in [6, 6.07) is 14.2. The van der Waals surface area contributed by atoms with Crippen molar-refractivity contribution in [2.75, 3.05) is 66.3 Å². The van der Waals surface area contributed by atoms with Crippen LogP contribution in [-0.4, -0.2) is 109 Å². The molecule has 10 nitrogen and oxygen atoms in total. The lowest BCUT2D eigenvalue weighted by molar-refractivity contribution is -0.137. The first-order valence-corrected chi connectivity index (χ1v) is 18.2. The largest absolute Gasteiger partial charge is 0.466 e. The molecule has 5 rings (SSSR count). The van der Waals surface area contributed by atoms with E-state index in [-0.39, 0.29) is 56.2 Å². The maximum absolute atomic E-state index is 13.9. The van der Waals surface area contributed by atoms with Gasteiger partial charge < -0.3 is 24.6 Å². The molecule has 2 saturated heterocycles. The molecule has 0 saturated carbocycles. The van der Waals surface area contributed by atoms with E-state index in [1.165, 1.54) is 33.5 Å². The van der Waals surface area contributed by atoms with Crippen LogP contribution in [0.3, 0.4) is 0 Å². The highest BCUT2D eigenvalue weighted by atomic mass is 35.5. The van der Waals surface area contributed by atoms with E-state index in [0.717, 1.165) is 26.2 Å². The number of likely N-dealkylation sites (N-methyl/N-ethyl adjacent to an activating group) is 1. The van der Waals surface area contributed by atoms with Crippen LogP contribution in [0.5, 0.6) is 0 Å². The number of carbonyl (C=O) groups is 3. The van der Waals surface area contributed by atoms with Crippen molar-refractivity contribution in [2.24, 2.45) is 0 Å². The van der Waals surface area contributed by atoms with Crippen molar-refractivity contribution in [3.8, 4) is 0 Å². The van der Waals surface area contributed by atoms with Gasteiger partial charge in [0, 0.05) is 70.7 Å². The molecule has 0 bridgehead atoms. The van der Waals surface area contributed by atoms with E-state index in [0.29, 0.717) is 24.0 Å². The molecule has 0 radical (unpaired) electrons. The highest BCUT2D eigenvalue weighted by Crippen LogP contribution is 2.45. The van der Waals surface area contributed by atoms with Gasteiger partial charge in [-0.2, -0.15) is 0 Å². The van der Waals surface area contributed by atoms with Gasteiger partial charge in [-0.15, -0.1) is 0 Å². The van der Waals surface area contributed by atoms with Gasteiger partial charge in [0.1, 0.15) is 0 Å². The third-order valence-electron chi connectivity index (χ3n) is 9.35. The molecule has 3 unspecified atom stereocenters. The van der Waals surface area contributed by atoms with Crippen LogP contribution in [0.1, 0.15) is 37.2 Å². The summed E-state index contributed by atoms with van der Waals surface area (Å²) >= 11 is 13.4. The zero-order valence-corrected chi connectivity index (χ0v) is 29.8. The SMILES string of the molecule is COC(=O)C1=C(CC(=O)N2CCN(CC3CCCCN3C)CC2)NC(CS(=O)c2ccccc2)=C(C(=O)OC)C1c1c(Cl)cccc1Cl. The molecule has 3 aliphatic heterocycles. The third-order valence-corrected chi connectivity index (χ3v) is 11.4. The molecule has 3 heterocycles. The topological polar surface area (TPSA) is 108 Å². The van der Waals surface area contributed by atoms with Gasteiger partial charge in [-0.1, -0.05) is 53.9 Å². The lowest BCUT2D eigenvalue weighted by atomic mass is 9.79. The minimum absolute atomic E-state index is 0.00876. The Labute approximate surface area is 294 Å². The Morgan fingerprint density at radius 1 is 0.854 bits per heavy atom. The Kier molecular flexibility index (Phi) is 12.4. The van der Waals surface area contributed by atoms with Crippen molar-refractivity contribution in [3.63, 3.8) is 0 Å². The molecule has 2 aromatic carbocycles. The number of methoxy groups -OCH3 is 2. The molecule has 48 heavy (non-hydrogen) atoms. The normalized spacial score (nSPS) is 21.5. The molecule has 2 aromatic rings. The number of likely N-dealkylation sites (tertiary alicyclic amines) is 1. The maximum Gasteiger partial charge on any atom is 0.336 e. The van der Waals surface area contributed by atoms with Crippen molar-refractivity contribution in [1.29, 1.82) is 0 Å². The van der Waals surface area contributed by atoms with Crippen molar-refractivity contribution < 1.29 is 28.1 Å². The van der Waals surface area contributed by atoms with Gasteiger partial charge in [0.05, 0.1) is 54.3 Å². The summed E-state index contributed by atoms with van der Waals surface area (Å²) in [5.41, 5.74) is 0.759. The Balaban J connectivity index is 1.49. The van der Waals surface area contributed by atoms with E-state index in [9.17, 15) is 18.6 Å². The number of dihydropyridines is 1. The summed E-state index contributed by atoms with van der Waals surface area (Å²) in [4.78, 5) is 48.3. The molecule has 3 atom stereocenters. The number of piperazine rings is 1. The number of halogens is 2. The van der Waals surface area contributed by atoms with Crippen LogP contribution in [0.4, 0.5) is 0 Å². The zero-order chi connectivity index (χ0) is 34.4. The van der Waals surface area contributed by atoms with Crippen LogP contribution in [-0.2, 0) is 34.7 Å². The average molecular weight is 718 g/mol. The van der Waals surface area contributed by atoms with Crippen LogP contribution in [0.2, 0.25) is 10.0 Å². The van der Waals surface area contributed by atoms with Crippen LogP contribution < -0.4 is 5.32 Å². The second-order valence-corrected chi connectivity index (χ2v) is 14.5. The first kappa shape index (κ1) is 36.1. The van der Waals surface area contributed by atoms with Crippen LogP contribution in [0, 0.1) is 0 Å². The standard InChI is InChI=1S/C35H42Cl2N4O6S/c1-39-15-8-7-10-23(39)21-40-16-18-41(19-17-40)29(42)20-27-31(34(43)46-2)33(30-25(36)13-9-14-26(30)37)32(35(44)47-3)28(38-27)22-48(45)24-11-5-4-6-12-24/h4-6,9,11-14,23,33,38H,7-8,10,15-22H2,1-3H3. The van der Waals surface area contributed by atoms with Crippen LogP contribution in [0.25, 0.3) is 0 Å². The summed E-state index contributed by atoms with van der Waals surface area (Å²) in [5, 5.41) is 3.58. The van der Waals surface area contributed by atoms with E-state index in [4.69, 9.17) is 32.7 Å². The Morgan fingerprint density at radius 3 is 2.08 bits per heavy atom. The number of nitrogens with one attached hydrogen (secondary N) is 1. The second kappa shape index (κ2) is 16.5. The quantitative estimate of drug-likeness (QED) is 0.359. The highest BCUT2D eigenvalue weighted by molar-refractivity contribution is 7.85. The molecular formula is C35H42Cl2N4O6S. The van der Waals surface area contributed by atoms with Crippen molar-refractivity contribution in [1.82, 2.24) is 20.0 Å².